The second-order valence-electron chi connectivity index (χ2n) is 9.01. The van der Waals surface area contributed by atoms with Gasteiger partial charge in [0.2, 0.25) is 5.91 Å². The van der Waals surface area contributed by atoms with Gasteiger partial charge in [-0.05, 0) is 57.1 Å². The van der Waals surface area contributed by atoms with Gasteiger partial charge in [-0.2, -0.15) is 0 Å². The van der Waals surface area contributed by atoms with Crippen molar-refractivity contribution in [2.45, 2.75) is 51.1 Å². The number of hydrogen-bond donors (Lipinski definition) is 4. The van der Waals surface area contributed by atoms with Crippen molar-refractivity contribution < 1.29 is 19.5 Å². The van der Waals surface area contributed by atoms with E-state index in [1.54, 1.807) is 19.1 Å². The summed E-state index contributed by atoms with van der Waals surface area (Å²) < 4.78 is 1.47. The minimum absolute atomic E-state index is 0.0258. The van der Waals surface area contributed by atoms with Crippen LogP contribution in [0.5, 0.6) is 0 Å². The summed E-state index contributed by atoms with van der Waals surface area (Å²) in [6, 6.07) is 3.14. The number of carboxylic acid groups (broad SMARTS) is 1. The number of hydrogen-bond acceptors (Lipinski definition) is 7. The van der Waals surface area contributed by atoms with Crippen molar-refractivity contribution >= 4 is 35.1 Å². The summed E-state index contributed by atoms with van der Waals surface area (Å²) in [4.78, 5) is 57.8. The molecule has 3 heterocycles. The second kappa shape index (κ2) is 7.68. The average molecular weight is 452 g/mol. The highest BCUT2D eigenvalue weighted by Gasteiger charge is 2.47. The molecular formula is C22H24N6O5. The summed E-state index contributed by atoms with van der Waals surface area (Å²) in [5, 5.41) is 18.0. The van der Waals surface area contributed by atoms with Gasteiger partial charge in [0.25, 0.3) is 11.5 Å². The number of pyridine rings is 1. The van der Waals surface area contributed by atoms with E-state index in [-0.39, 0.29) is 23.4 Å². The maximum Gasteiger partial charge on any atom is 0.306 e. The van der Waals surface area contributed by atoms with Crippen LogP contribution in [0.15, 0.2) is 23.3 Å². The summed E-state index contributed by atoms with van der Waals surface area (Å²) in [5.74, 6) is -1.08. The second-order valence-corrected chi connectivity index (χ2v) is 9.01. The third-order valence-electron chi connectivity index (χ3n) is 6.67. The number of aromatic nitrogens is 3. The van der Waals surface area contributed by atoms with E-state index in [4.69, 9.17) is 0 Å². The number of anilines is 3. The largest absolute Gasteiger partial charge is 0.481 e. The van der Waals surface area contributed by atoms with Crippen LogP contribution in [0.25, 0.3) is 0 Å². The highest BCUT2D eigenvalue weighted by atomic mass is 16.4. The van der Waals surface area contributed by atoms with E-state index in [9.17, 15) is 24.3 Å². The number of nitrogens with one attached hydrogen (secondary N) is 3. The fourth-order valence-electron chi connectivity index (χ4n) is 4.75. The molecule has 2 saturated carbocycles. The van der Waals surface area contributed by atoms with Crippen molar-refractivity contribution in [2.24, 2.45) is 11.8 Å². The molecule has 0 saturated heterocycles. The zero-order valence-electron chi connectivity index (χ0n) is 18.1. The van der Waals surface area contributed by atoms with Crippen LogP contribution < -0.4 is 21.5 Å². The average Bonchev–Trinajstić information content (AvgIpc) is 3.58. The molecule has 2 aliphatic carbocycles. The highest BCUT2D eigenvalue weighted by molar-refractivity contribution is 5.97. The fraction of sp³-hybridized carbons (Fsp3) is 0.455. The van der Waals surface area contributed by atoms with Gasteiger partial charge in [-0.1, -0.05) is 0 Å². The van der Waals surface area contributed by atoms with Crippen molar-refractivity contribution in [1.29, 1.82) is 0 Å². The number of carbonyl (C=O) groups excluding carboxylic acids is 2. The van der Waals surface area contributed by atoms with Gasteiger partial charge in [-0.3, -0.25) is 23.7 Å². The van der Waals surface area contributed by atoms with E-state index < -0.39 is 23.1 Å². The molecular weight excluding hydrogens is 428 g/mol. The third kappa shape index (κ3) is 3.73. The third-order valence-corrected chi connectivity index (χ3v) is 6.67. The molecule has 4 N–H and O–H groups in total. The number of rotatable bonds is 5. The number of carboxylic acids is 1. The van der Waals surface area contributed by atoms with Crippen molar-refractivity contribution in [3.63, 3.8) is 0 Å². The molecule has 33 heavy (non-hydrogen) atoms. The first kappa shape index (κ1) is 21.1. The molecule has 5 rings (SSSR count). The van der Waals surface area contributed by atoms with Crippen LogP contribution >= 0.6 is 0 Å². The van der Waals surface area contributed by atoms with Gasteiger partial charge in [0, 0.05) is 12.0 Å². The number of amides is 2. The molecule has 0 radical (unpaired) electrons. The summed E-state index contributed by atoms with van der Waals surface area (Å²) in [7, 11) is 0. The van der Waals surface area contributed by atoms with Gasteiger partial charge >= 0.3 is 5.97 Å². The zero-order chi connectivity index (χ0) is 23.3. The number of fused-ring (bicyclic) bond motifs is 2. The Labute approximate surface area is 188 Å². The van der Waals surface area contributed by atoms with Crippen molar-refractivity contribution in [3.05, 3.63) is 40.1 Å². The molecule has 11 heteroatoms. The normalized spacial score (nSPS) is 23.7. The van der Waals surface area contributed by atoms with Crippen molar-refractivity contribution in [2.75, 3.05) is 10.6 Å². The SMILES string of the molecule is Cc1cc(Nc2cc(NC(=O)C3CC3)ncn2)c(=O)n2c1C(=O)NC21CCC(C(=O)O)CC1. The minimum Gasteiger partial charge on any atom is -0.481 e. The lowest BCUT2D eigenvalue weighted by atomic mass is 9.81. The summed E-state index contributed by atoms with van der Waals surface area (Å²) >= 11 is 0. The molecule has 2 aromatic rings. The first-order valence-electron chi connectivity index (χ1n) is 11.0. The predicted octanol–water partition coefficient (Wildman–Crippen LogP) is 1.71. The van der Waals surface area contributed by atoms with Gasteiger partial charge in [0.05, 0.1) is 5.92 Å². The quantitative estimate of drug-likeness (QED) is 0.534. The Morgan fingerprint density at radius 3 is 2.45 bits per heavy atom. The van der Waals surface area contributed by atoms with Crippen LogP contribution in [0.4, 0.5) is 17.3 Å². The lowest BCUT2D eigenvalue weighted by Crippen LogP contribution is -2.50. The molecule has 0 unspecified atom stereocenters. The lowest BCUT2D eigenvalue weighted by molar-refractivity contribution is -0.143. The van der Waals surface area contributed by atoms with Gasteiger partial charge in [-0.25, -0.2) is 9.97 Å². The van der Waals surface area contributed by atoms with Crippen LogP contribution in [-0.4, -0.2) is 37.4 Å². The van der Waals surface area contributed by atoms with Gasteiger partial charge in [0.15, 0.2) is 0 Å². The lowest BCUT2D eigenvalue weighted by Gasteiger charge is -2.37. The Kier molecular flexibility index (Phi) is 4.91. The molecule has 2 fully saturated rings. The molecule has 0 atom stereocenters. The van der Waals surface area contributed by atoms with Crippen LogP contribution in [0, 0.1) is 18.8 Å². The van der Waals surface area contributed by atoms with Crippen LogP contribution in [0.1, 0.15) is 54.6 Å². The van der Waals surface area contributed by atoms with E-state index in [0.717, 1.165) is 12.8 Å². The Morgan fingerprint density at radius 1 is 1.09 bits per heavy atom. The smallest absolute Gasteiger partial charge is 0.306 e. The first-order chi connectivity index (χ1) is 15.8. The topological polar surface area (TPSA) is 155 Å². The van der Waals surface area contributed by atoms with Crippen molar-refractivity contribution in [1.82, 2.24) is 19.9 Å². The van der Waals surface area contributed by atoms with Crippen LogP contribution in [-0.2, 0) is 15.3 Å². The van der Waals surface area contributed by atoms with E-state index in [2.05, 4.69) is 25.9 Å². The number of carbonyl (C=O) groups is 3. The standard InChI is InChI=1S/C22H24N6O5/c1-11-8-14(25-15-9-16(24-10-23-15)26-18(29)12-2-3-12)20(31)28-17(11)19(30)27-22(28)6-4-13(5-7-22)21(32)33/h8-10,12-13H,2-7H2,1H3,(H,27,30)(H,32,33)(H2,23,24,25,26,29). The van der Waals surface area contributed by atoms with E-state index in [0.29, 0.717) is 48.6 Å². The van der Waals surface area contributed by atoms with Crippen LogP contribution in [0.2, 0.25) is 0 Å². The van der Waals surface area contributed by atoms with E-state index in [1.807, 2.05) is 0 Å². The molecule has 2 aromatic heterocycles. The first-order valence-corrected chi connectivity index (χ1v) is 11.0. The molecule has 0 bridgehead atoms. The minimum atomic E-state index is -0.938. The predicted molar refractivity (Wildman–Crippen MR) is 117 cm³/mol. The molecule has 1 aliphatic heterocycles. The molecule has 1 spiro atoms. The molecule has 0 aromatic carbocycles. The summed E-state index contributed by atoms with van der Waals surface area (Å²) in [5.41, 5.74) is -0.203. The van der Waals surface area contributed by atoms with Crippen LogP contribution in [0.3, 0.4) is 0 Å². The van der Waals surface area contributed by atoms with E-state index in [1.165, 1.54) is 10.9 Å². The highest BCUT2D eigenvalue weighted by Crippen LogP contribution is 2.40. The Hall–Kier alpha value is -3.76. The Balaban J connectivity index is 1.46. The number of aryl methyl sites for hydroxylation is 1. The maximum atomic E-state index is 13.5. The molecule has 2 amide bonds. The van der Waals surface area contributed by atoms with Gasteiger partial charge in [0.1, 0.15) is 35.0 Å². The van der Waals surface area contributed by atoms with Gasteiger partial charge in [-0.15, -0.1) is 0 Å². The fourth-order valence-corrected chi connectivity index (χ4v) is 4.75. The molecule has 3 aliphatic rings. The van der Waals surface area contributed by atoms with E-state index >= 15 is 0 Å². The van der Waals surface area contributed by atoms with Gasteiger partial charge < -0.3 is 21.1 Å². The summed E-state index contributed by atoms with van der Waals surface area (Å²) in [6.45, 7) is 1.75. The summed E-state index contributed by atoms with van der Waals surface area (Å²) in [6.07, 6.45) is 4.49. The number of nitrogens with zero attached hydrogens (tertiary/aromatic N) is 3. The maximum absolute atomic E-state index is 13.5. The zero-order valence-corrected chi connectivity index (χ0v) is 18.1. The monoisotopic (exact) mass is 452 g/mol. The van der Waals surface area contributed by atoms with Crippen molar-refractivity contribution in [3.8, 4) is 0 Å². The molecule has 11 nitrogen and oxygen atoms in total. The Morgan fingerprint density at radius 2 is 1.79 bits per heavy atom. The Bertz CT molecular complexity index is 1230. The number of aliphatic carboxylic acids is 1. The molecule has 172 valence electrons.